The highest BCUT2D eigenvalue weighted by molar-refractivity contribution is 5.95. The highest BCUT2D eigenvalue weighted by Gasteiger charge is 2.21. The maximum absolute atomic E-state index is 11.6. The Labute approximate surface area is 118 Å². The van der Waals surface area contributed by atoms with Gasteiger partial charge in [0.1, 0.15) is 5.69 Å². The number of benzene rings is 1. The van der Waals surface area contributed by atoms with E-state index in [1.165, 1.54) is 0 Å². The molecule has 3 nitrogen and oxygen atoms in total. The number of anilines is 1. The number of nitrogens with zero attached hydrogens (tertiary/aromatic N) is 2. The minimum absolute atomic E-state index is 0.176. The van der Waals surface area contributed by atoms with Gasteiger partial charge in [-0.15, -0.1) is 0 Å². The van der Waals surface area contributed by atoms with Crippen LogP contribution < -0.4 is 4.90 Å². The van der Waals surface area contributed by atoms with Gasteiger partial charge in [0.05, 0.1) is 11.9 Å². The number of amides is 1. The van der Waals surface area contributed by atoms with Crippen molar-refractivity contribution in [2.24, 2.45) is 0 Å². The Kier molecular flexibility index (Phi) is 3.47. The van der Waals surface area contributed by atoms with E-state index in [-0.39, 0.29) is 5.91 Å². The Morgan fingerprint density at radius 1 is 1.05 bits per heavy atom. The van der Waals surface area contributed by atoms with Gasteiger partial charge < -0.3 is 4.90 Å². The molecular formula is C17H14N2O. The minimum atomic E-state index is 0.176. The molecule has 1 aromatic carbocycles. The van der Waals surface area contributed by atoms with E-state index in [1.807, 2.05) is 42.5 Å². The van der Waals surface area contributed by atoms with Crippen LogP contribution in [0.25, 0.3) is 0 Å². The minimum Gasteiger partial charge on any atom is -0.311 e. The molecule has 0 spiro atoms. The molecule has 1 saturated heterocycles. The summed E-state index contributed by atoms with van der Waals surface area (Å²) in [6.45, 7) is 0.787. The Morgan fingerprint density at radius 3 is 2.55 bits per heavy atom. The topological polar surface area (TPSA) is 33.2 Å². The molecule has 0 aliphatic carbocycles. The van der Waals surface area contributed by atoms with Crippen LogP contribution in [0.4, 0.5) is 5.69 Å². The average Bonchev–Trinajstić information content (AvgIpc) is 2.93. The zero-order valence-electron chi connectivity index (χ0n) is 11.0. The Bertz CT molecular complexity index is 666. The van der Waals surface area contributed by atoms with Crippen molar-refractivity contribution in [2.45, 2.75) is 12.8 Å². The number of rotatable bonds is 1. The fourth-order valence-electron chi connectivity index (χ4n) is 2.20. The van der Waals surface area contributed by atoms with Crippen molar-refractivity contribution < 1.29 is 4.79 Å². The lowest BCUT2D eigenvalue weighted by Gasteiger charge is -2.14. The number of aromatic nitrogens is 1. The highest BCUT2D eigenvalue weighted by Crippen LogP contribution is 2.20. The van der Waals surface area contributed by atoms with Crippen LogP contribution in [0.2, 0.25) is 0 Å². The second kappa shape index (κ2) is 5.58. The maximum Gasteiger partial charge on any atom is 0.227 e. The van der Waals surface area contributed by atoms with Crippen LogP contribution in [-0.4, -0.2) is 17.4 Å². The van der Waals surface area contributed by atoms with E-state index in [0.29, 0.717) is 12.1 Å². The summed E-state index contributed by atoms with van der Waals surface area (Å²) in [7, 11) is 0. The van der Waals surface area contributed by atoms with Gasteiger partial charge in [0.2, 0.25) is 5.91 Å². The predicted molar refractivity (Wildman–Crippen MR) is 78.2 cm³/mol. The van der Waals surface area contributed by atoms with Crippen LogP contribution in [0.3, 0.4) is 0 Å². The second-order valence-electron chi connectivity index (χ2n) is 4.67. The maximum atomic E-state index is 11.6. The molecule has 0 bridgehead atoms. The van der Waals surface area contributed by atoms with E-state index in [4.69, 9.17) is 0 Å². The molecule has 2 aromatic rings. The van der Waals surface area contributed by atoms with E-state index in [1.54, 1.807) is 11.1 Å². The SMILES string of the molecule is O=C1CCCN1c1ccc(C#Cc2ccccc2)nc1. The van der Waals surface area contributed by atoms with Gasteiger partial charge in [-0.1, -0.05) is 24.1 Å². The van der Waals surface area contributed by atoms with E-state index in [0.717, 1.165) is 24.2 Å². The number of hydrogen-bond donors (Lipinski definition) is 0. The lowest BCUT2D eigenvalue weighted by Crippen LogP contribution is -2.23. The van der Waals surface area contributed by atoms with E-state index < -0.39 is 0 Å². The highest BCUT2D eigenvalue weighted by atomic mass is 16.2. The van der Waals surface area contributed by atoms with Gasteiger partial charge in [-0.05, 0) is 36.6 Å². The summed E-state index contributed by atoms with van der Waals surface area (Å²) in [6, 6.07) is 13.6. The summed E-state index contributed by atoms with van der Waals surface area (Å²) in [6.07, 6.45) is 3.28. The van der Waals surface area contributed by atoms with Crippen LogP contribution in [0.1, 0.15) is 24.1 Å². The first-order valence-corrected chi connectivity index (χ1v) is 6.66. The van der Waals surface area contributed by atoms with Crippen molar-refractivity contribution in [2.75, 3.05) is 11.4 Å². The largest absolute Gasteiger partial charge is 0.311 e. The van der Waals surface area contributed by atoms with E-state index in [9.17, 15) is 4.79 Å². The van der Waals surface area contributed by atoms with Gasteiger partial charge in [-0.2, -0.15) is 0 Å². The molecular weight excluding hydrogens is 248 g/mol. The molecule has 1 aliphatic heterocycles. The van der Waals surface area contributed by atoms with Crippen LogP contribution in [-0.2, 0) is 4.79 Å². The molecule has 0 unspecified atom stereocenters. The molecule has 0 saturated carbocycles. The van der Waals surface area contributed by atoms with Gasteiger partial charge >= 0.3 is 0 Å². The summed E-state index contributed by atoms with van der Waals surface area (Å²) in [4.78, 5) is 17.7. The van der Waals surface area contributed by atoms with E-state index in [2.05, 4.69) is 16.8 Å². The van der Waals surface area contributed by atoms with Crippen LogP contribution >= 0.6 is 0 Å². The zero-order valence-corrected chi connectivity index (χ0v) is 11.0. The van der Waals surface area contributed by atoms with Gasteiger partial charge in [-0.3, -0.25) is 4.79 Å². The molecule has 98 valence electrons. The number of carbonyl (C=O) groups excluding carboxylic acids is 1. The Hall–Kier alpha value is -2.60. The molecule has 3 heteroatoms. The lowest BCUT2D eigenvalue weighted by molar-refractivity contribution is -0.117. The van der Waals surface area contributed by atoms with Crippen molar-refractivity contribution in [1.82, 2.24) is 4.98 Å². The first-order chi connectivity index (χ1) is 9.83. The van der Waals surface area contributed by atoms with Gasteiger partial charge in [0, 0.05) is 18.5 Å². The number of carbonyl (C=O) groups is 1. The van der Waals surface area contributed by atoms with Gasteiger partial charge in [0.25, 0.3) is 0 Å². The van der Waals surface area contributed by atoms with Crippen LogP contribution in [0.5, 0.6) is 0 Å². The smallest absolute Gasteiger partial charge is 0.227 e. The monoisotopic (exact) mass is 262 g/mol. The zero-order chi connectivity index (χ0) is 13.8. The van der Waals surface area contributed by atoms with Crippen molar-refractivity contribution in [1.29, 1.82) is 0 Å². The van der Waals surface area contributed by atoms with Crippen molar-refractivity contribution in [3.05, 3.63) is 59.9 Å². The average molecular weight is 262 g/mol. The summed E-state index contributed by atoms with van der Waals surface area (Å²) in [5.41, 5.74) is 2.54. The summed E-state index contributed by atoms with van der Waals surface area (Å²) in [5, 5.41) is 0. The van der Waals surface area contributed by atoms with Gasteiger partial charge in [0.15, 0.2) is 0 Å². The van der Waals surface area contributed by atoms with Crippen molar-refractivity contribution in [3.8, 4) is 11.8 Å². The summed E-state index contributed by atoms with van der Waals surface area (Å²) in [5.74, 6) is 6.27. The molecule has 1 fully saturated rings. The molecule has 1 amide bonds. The molecule has 20 heavy (non-hydrogen) atoms. The Morgan fingerprint density at radius 2 is 1.90 bits per heavy atom. The second-order valence-corrected chi connectivity index (χ2v) is 4.67. The molecule has 1 aromatic heterocycles. The van der Waals surface area contributed by atoms with E-state index >= 15 is 0 Å². The third-order valence-electron chi connectivity index (χ3n) is 3.24. The predicted octanol–water partition coefficient (Wildman–Crippen LogP) is 2.61. The first-order valence-electron chi connectivity index (χ1n) is 6.66. The molecule has 0 atom stereocenters. The fraction of sp³-hybridized carbons (Fsp3) is 0.176. The molecule has 1 aliphatic rings. The standard InChI is InChI=1S/C17H14N2O/c20-17-7-4-12-19(17)16-11-10-15(18-13-16)9-8-14-5-2-1-3-6-14/h1-3,5-6,10-11,13H,4,7,12H2. The summed E-state index contributed by atoms with van der Waals surface area (Å²) >= 11 is 0. The number of pyridine rings is 1. The molecule has 0 radical (unpaired) electrons. The van der Waals surface area contributed by atoms with Crippen LogP contribution in [0.15, 0.2) is 48.7 Å². The molecule has 0 N–H and O–H groups in total. The molecule has 3 rings (SSSR count). The fourth-order valence-corrected chi connectivity index (χ4v) is 2.20. The Balaban J connectivity index is 1.77. The van der Waals surface area contributed by atoms with Crippen molar-refractivity contribution >= 4 is 11.6 Å². The molecule has 2 heterocycles. The first kappa shape index (κ1) is 12.4. The van der Waals surface area contributed by atoms with Crippen LogP contribution in [0, 0.1) is 11.8 Å². The van der Waals surface area contributed by atoms with Gasteiger partial charge in [-0.25, -0.2) is 4.98 Å². The third-order valence-corrected chi connectivity index (χ3v) is 3.24. The normalized spacial score (nSPS) is 14.0. The quantitative estimate of drug-likeness (QED) is 0.740. The van der Waals surface area contributed by atoms with Crippen molar-refractivity contribution in [3.63, 3.8) is 0 Å². The third kappa shape index (κ3) is 2.70. The lowest BCUT2D eigenvalue weighted by atomic mass is 10.2. The summed E-state index contributed by atoms with van der Waals surface area (Å²) < 4.78 is 0. The number of hydrogen-bond acceptors (Lipinski definition) is 2.